The van der Waals surface area contributed by atoms with Crippen LogP contribution in [0.5, 0.6) is 0 Å². The van der Waals surface area contributed by atoms with Crippen molar-refractivity contribution in [2.75, 3.05) is 5.32 Å². The Labute approximate surface area is 125 Å². The normalized spacial score (nSPS) is 10.0. The van der Waals surface area contributed by atoms with Gasteiger partial charge in [0.25, 0.3) is 5.69 Å². The van der Waals surface area contributed by atoms with Gasteiger partial charge >= 0.3 is 0 Å². The van der Waals surface area contributed by atoms with Crippen molar-refractivity contribution in [3.05, 3.63) is 58.6 Å². The highest BCUT2D eigenvalue weighted by atomic mass is 32.2. The number of anilines is 1. The van der Waals surface area contributed by atoms with Crippen LogP contribution in [0.25, 0.3) is 0 Å². The molecule has 0 aliphatic heterocycles. The summed E-state index contributed by atoms with van der Waals surface area (Å²) in [4.78, 5) is 12.1. The van der Waals surface area contributed by atoms with Gasteiger partial charge in [-0.25, -0.2) is 0 Å². The summed E-state index contributed by atoms with van der Waals surface area (Å²) < 4.78 is 0. The molecule has 0 aliphatic rings. The van der Waals surface area contributed by atoms with Gasteiger partial charge in [-0.05, 0) is 48.6 Å². The van der Waals surface area contributed by atoms with E-state index < -0.39 is 4.92 Å². The molecule has 7 heteroatoms. The van der Waals surface area contributed by atoms with Crippen LogP contribution in [0.3, 0.4) is 0 Å². The van der Waals surface area contributed by atoms with Gasteiger partial charge in [0.15, 0.2) is 5.11 Å². The molecule has 0 saturated heterocycles. The number of nitro groups is 1. The number of nitro benzene ring substituents is 1. The van der Waals surface area contributed by atoms with E-state index in [9.17, 15) is 10.1 Å². The topological polar surface area (TPSA) is 81.2 Å². The molecule has 20 heavy (non-hydrogen) atoms. The quantitative estimate of drug-likeness (QED) is 0.512. The van der Waals surface area contributed by atoms with Gasteiger partial charge in [-0.3, -0.25) is 10.1 Å². The largest absolute Gasteiger partial charge is 0.376 e. The first-order valence-corrected chi connectivity index (χ1v) is 6.86. The fraction of sp³-hybridized carbons (Fsp3) is 0. The monoisotopic (exact) mass is 305 g/mol. The molecule has 0 fully saturated rings. The minimum Gasteiger partial charge on any atom is -0.376 e. The van der Waals surface area contributed by atoms with E-state index >= 15 is 0 Å². The smallest absolute Gasteiger partial charge is 0.269 e. The van der Waals surface area contributed by atoms with Crippen molar-refractivity contribution >= 4 is 40.5 Å². The third-order valence-corrected chi connectivity index (χ3v) is 3.52. The Morgan fingerprint density at radius 2 is 1.60 bits per heavy atom. The SMILES string of the molecule is NC(=S)Nc1ccc(Sc2ccc([N+](=O)[O-])cc2)cc1. The Balaban J connectivity index is 2.06. The lowest BCUT2D eigenvalue weighted by Gasteiger charge is -2.05. The molecule has 102 valence electrons. The van der Waals surface area contributed by atoms with Crippen molar-refractivity contribution in [3.63, 3.8) is 0 Å². The molecule has 0 aromatic heterocycles. The second kappa shape index (κ2) is 6.36. The molecule has 0 amide bonds. The molecule has 2 rings (SSSR count). The molecule has 0 saturated carbocycles. The Bertz CT molecular complexity index is 627. The number of nitrogens with two attached hydrogens (primary N) is 1. The molecule has 0 heterocycles. The second-order valence-electron chi connectivity index (χ2n) is 3.87. The van der Waals surface area contributed by atoms with Crippen LogP contribution in [-0.2, 0) is 0 Å². The molecule has 0 unspecified atom stereocenters. The van der Waals surface area contributed by atoms with Gasteiger partial charge in [-0.1, -0.05) is 11.8 Å². The zero-order valence-corrected chi connectivity index (χ0v) is 11.9. The zero-order valence-electron chi connectivity index (χ0n) is 10.3. The second-order valence-corrected chi connectivity index (χ2v) is 5.45. The van der Waals surface area contributed by atoms with E-state index in [2.05, 4.69) is 5.32 Å². The molecular weight excluding hydrogens is 294 g/mol. The van der Waals surface area contributed by atoms with E-state index in [-0.39, 0.29) is 10.8 Å². The predicted octanol–water partition coefficient (Wildman–Crippen LogP) is 3.40. The fourth-order valence-corrected chi connectivity index (χ4v) is 2.45. The molecule has 0 spiro atoms. The molecular formula is C13H11N3O2S2. The van der Waals surface area contributed by atoms with Gasteiger partial charge in [0.05, 0.1) is 4.92 Å². The van der Waals surface area contributed by atoms with Crippen LogP contribution in [0.15, 0.2) is 58.3 Å². The first-order valence-electron chi connectivity index (χ1n) is 5.63. The molecule has 0 radical (unpaired) electrons. The van der Waals surface area contributed by atoms with Gasteiger partial charge in [0.2, 0.25) is 0 Å². The number of rotatable bonds is 4. The van der Waals surface area contributed by atoms with Crippen LogP contribution in [0.1, 0.15) is 0 Å². The van der Waals surface area contributed by atoms with Gasteiger partial charge in [0.1, 0.15) is 0 Å². The van der Waals surface area contributed by atoms with Crippen LogP contribution >= 0.6 is 24.0 Å². The summed E-state index contributed by atoms with van der Waals surface area (Å²) in [5.74, 6) is 0. The fourth-order valence-electron chi connectivity index (χ4n) is 1.52. The van der Waals surface area contributed by atoms with Crippen LogP contribution in [0.2, 0.25) is 0 Å². The van der Waals surface area contributed by atoms with Crippen LogP contribution in [0.4, 0.5) is 11.4 Å². The number of non-ortho nitro benzene ring substituents is 1. The Kier molecular flexibility index (Phi) is 4.54. The molecule has 0 aliphatic carbocycles. The maximum atomic E-state index is 10.6. The zero-order chi connectivity index (χ0) is 14.5. The third-order valence-electron chi connectivity index (χ3n) is 2.41. The summed E-state index contributed by atoms with van der Waals surface area (Å²) in [6.45, 7) is 0. The molecule has 3 N–H and O–H groups in total. The van der Waals surface area contributed by atoms with Crippen LogP contribution in [0, 0.1) is 10.1 Å². The Hall–Kier alpha value is -2.12. The minimum absolute atomic E-state index is 0.0883. The average molecular weight is 305 g/mol. The third kappa shape index (κ3) is 3.94. The maximum absolute atomic E-state index is 10.6. The van der Waals surface area contributed by atoms with Gasteiger partial charge in [-0.2, -0.15) is 0 Å². The van der Waals surface area contributed by atoms with E-state index in [1.54, 1.807) is 12.1 Å². The standard InChI is InChI=1S/C13H11N3O2S2/c14-13(19)15-9-1-5-11(6-2-9)20-12-7-3-10(4-8-12)16(17)18/h1-8H,(H3,14,15,19). The van der Waals surface area contributed by atoms with E-state index in [1.165, 1.54) is 23.9 Å². The van der Waals surface area contributed by atoms with Crippen molar-refractivity contribution in [1.29, 1.82) is 0 Å². The first kappa shape index (κ1) is 14.3. The highest BCUT2D eigenvalue weighted by molar-refractivity contribution is 7.99. The molecule has 2 aromatic rings. The van der Waals surface area contributed by atoms with Crippen molar-refractivity contribution < 1.29 is 4.92 Å². The summed E-state index contributed by atoms with van der Waals surface area (Å²) in [5.41, 5.74) is 6.30. The van der Waals surface area contributed by atoms with Gasteiger partial charge < -0.3 is 11.1 Å². The summed E-state index contributed by atoms with van der Waals surface area (Å²) >= 11 is 6.28. The van der Waals surface area contributed by atoms with Crippen molar-refractivity contribution in [2.24, 2.45) is 5.73 Å². The van der Waals surface area contributed by atoms with Crippen molar-refractivity contribution in [1.82, 2.24) is 0 Å². The lowest BCUT2D eigenvalue weighted by molar-refractivity contribution is -0.384. The van der Waals surface area contributed by atoms with E-state index in [0.717, 1.165) is 15.5 Å². The minimum atomic E-state index is -0.412. The molecule has 5 nitrogen and oxygen atoms in total. The number of thiocarbonyl (C=S) groups is 1. The van der Waals surface area contributed by atoms with Crippen molar-refractivity contribution in [3.8, 4) is 0 Å². The summed E-state index contributed by atoms with van der Waals surface area (Å²) in [6.07, 6.45) is 0. The predicted molar refractivity (Wildman–Crippen MR) is 84.1 cm³/mol. The number of hydrogen-bond donors (Lipinski definition) is 2. The number of nitrogens with one attached hydrogen (secondary N) is 1. The van der Waals surface area contributed by atoms with E-state index in [4.69, 9.17) is 18.0 Å². The Morgan fingerprint density at radius 3 is 2.05 bits per heavy atom. The molecule has 0 bridgehead atoms. The lowest BCUT2D eigenvalue weighted by atomic mass is 10.3. The number of benzene rings is 2. The highest BCUT2D eigenvalue weighted by Crippen LogP contribution is 2.29. The summed E-state index contributed by atoms with van der Waals surface area (Å²) in [7, 11) is 0. The lowest BCUT2D eigenvalue weighted by Crippen LogP contribution is -2.18. The van der Waals surface area contributed by atoms with E-state index in [1.807, 2.05) is 24.3 Å². The molecule has 0 atom stereocenters. The first-order chi connectivity index (χ1) is 9.54. The van der Waals surface area contributed by atoms with Gasteiger partial charge in [-0.15, -0.1) is 0 Å². The highest BCUT2D eigenvalue weighted by Gasteiger charge is 2.05. The summed E-state index contributed by atoms with van der Waals surface area (Å²) in [6, 6.07) is 14.0. The summed E-state index contributed by atoms with van der Waals surface area (Å²) in [5, 5.41) is 13.6. The van der Waals surface area contributed by atoms with Gasteiger partial charge in [0, 0.05) is 27.6 Å². The van der Waals surface area contributed by atoms with Crippen LogP contribution < -0.4 is 11.1 Å². The average Bonchev–Trinajstić information content (AvgIpc) is 2.41. The maximum Gasteiger partial charge on any atom is 0.269 e. The van der Waals surface area contributed by atoms with Crippen molar-refractivity contribution in [2.45, 2.75) is 9.79 Å². The number of nitrogens with zero attached hydrogens (tertiary/aromatic N) is 1. The molecule has 2 aromatic carbocycles. The number of hydrogen-bond acceptors (Lipinski definition) is 4. The Morgan fingerprint density at radius 1 is 1.10 bits per heavy atom. The van der Waals surface area contributed by atoms with E-state index in [0.29, 0.717) is 0 Å². The van der Waals surface area contributed by atoms with Crippen LogP contribution in [-0.4, -0.2) is 10.0 Å².